The number of rotatable bonds is 6. The predicted octanol–water partition coefficient (Wildman–Crippen LogP) is 3.00. The fourth-order valence-corrected chi connectivity index (χ4v) is 4.47. The maximum Gasteiger partial charge on any atom is 0.137 e. The lowest BCUT2D eigenvalue weighted by Gasteiger charge is -2.39. The quantitative estimate of drug-likeness (QED) is 0.798. The molecular weight excluding hydrogens is 352 g/mol. The van der Waals surface area contributed by atoms with Crippen molar-refractivity contribution in [3.63, 3.8) is 0 Å². The van der Waals surface area contributed by atoms with E-state index in [-0.39, 0.29) is 6.10 Å². The average Bonchev–Trinajstić information content (AvgIpc) is 2.74. The van der Waals surface area contributed by atoms with Crippen LogP contribution in [-0.4, -0.2) is 64.5 Å². The number of fused-ring (bicyclic) bond motifs is 1. The molecule has 1 unspecified atom stereocenters. The number of nitrogens with one attached hydrogen (secondary N) is 1. The van der Waals surface area contributed by atoms with Crippen molar-refractivity contribution in [3.05, 3.63) is 30.1 Å². The van der Waals surface area contributed by atoms with Crippen LogP contribution in [0.3, 0.4) is 0 Å². The number of anilines is 1. The number of aliphatic hydroxyl groups is 1. The Morgan fingerprint density at radius 2 is 1.96 bits per heavy atom. The highest BCUT2D eigenvalue weighted by molar-refractivity contribution is 5.89. The van der Waals surface area contributed by atoms with Crippen molar-refractivity contribution < 1.29 is 9.84 Å². The van der Waals surface area contributed by atoms with Gasteiger partial charge >= 0.3 is 0 Å². The van der Waals surface area contributed by atoms with Crippen LogP contribution >= 0.6 is 0 Å². The summed E-state index contributed by atoms with van der Waals surface area (Å²) in [6.45, 7) is 5.75. The Balaban J connectivity index is 1.40. The van der Waals surface area contributed by atoms with Gasteiger partial charge in [-0.3, -0.25) is 4.90 Å². The molecule has 4 rings (SSSR count). The molecule has 1 aliphatic carbocycles. The van der Waals surface area contributed by atoms with Gasteiger partial charge in [0.15, 0.2) is 0 Å². The molecule has 2 aromatic rings. The molecule has 152 valence electrons. The highest BCUT2D eigenvalue weighted by Gasteiger charge is 2.27. The molecule has 1 atom stereocenters. The van der Waals surface area contributed by atoms with Crippen LogP contribution in [0.25, 0.3) is 10.9 Å². The van der Waals surface area contributed by atoms with Gasteiger partial charge in [-0.25, -0.2) is 9.97 Å². The molecule has 1 saturated heterocycles. The molecular formula is C22H32N4O2. The normalized spacial score (nSPS) is 24.9. The Labute approximate surface area is 167 Å². The van der Waals surface area contributed by atoms with Crippen LogP contribution in [0, 0.1) is 0 Å². The molecule has 0 amide bonds. The molecule has 1 aliphatic heterocycles. The summed E-state index contributed by atoms with van der Waals surface area (Å²) in [6.07, 6.45) is 7.84. The van der Waals surface area contributed by atoms with Crippen LogP contribution in [0.2, 0.25) is 0 Å². The summed E-state index contributed by atoms with van der Waals surface area (Å²) < 4.78 is 5.49. The fraction of sp³-hybridized carbons (Fsp3) is 0.636. The zero-order valence-electron chi connectivity index (χ0n) is 16.8. The van der Waals surface area contributed by atoms with Gasteiger partial charge in [-0.05, 0) is 63.1 Å². The van der Waals surface area contributed by atoms with E-state index in [0.717, 1.165) is 55.9 Å². The lowest BCUT2D eigenvalue weighted by Crippen LogP contribution is -2.46. The minimum atomic E-state index is -0.276. The molecule has 2 aliphatic rings. The number of nitrogens with zero attached hydrogens (tertiary/aromatic N) is 3. The Hall–Kier alpha value is -1.76. The second kappa shape index (κ2) is 9.16. The Kier molecular flexibility index (Phi) is 6.40. The smallest absolute Gasteiger partial charge is 0.137 e. The van der Waals surface area contributed by atoms with Crippen LogP contribution in [0.15, 0.2) is 24.5 Å². The summed E-state index contributed by atoms with van der Waals surface area (Å²) in [4.78, 5) is 11.6. The third-order valence-corrected chi connectivity index (χ3v) is 6.15. The summed E-state index contributed by atoms with van der Waals surface area (Å²) >= 11 is 0. The SMILES string of the molecule is CC(O)CCc1ccc2ncnc(N[C@H]3CC[C@H](N4CCOCC4)CC3)c2c1. The van der Waals surface area contributed by atoms with Crippen LogP contribution in [0.4, 0.5) is 5.82 Å². The zero-order valence-corrected chi connectivity index (χ0v) is 16.8. The molecule has 6 heteroatoms. The number of ether oxygens (including phenoxy) is 1. The topological polar surface area (TPSA) is 70.5 Å². The van der Waals surface area contributed by atoms with Crippen LogP contribution < -0.4 is 5.32 Å². The first-order chi connectivity index (χ1) is 13.7. The van der Waals surface area contributed by atoms with Crippen LogP contribution in [0.1, 0.15) is 44.6 Å². The molecule has 2 N–H and O–H groups in total. The Morgan fingerprint density at radius 3 is 2.71 bits per heavy atom. The Bertz CT molecular complexity index is 768. The lowest BCUT2D eigenvalue weighted by molar-refractivity contribution is 0.00791. The van der Waals surface area contributed by atoms with E-state index in [1.54, 1.807) is 6.33 Å². The highest BCUT2D eigenvalue weighted by atomic mass is 16.5. The minimum absolute atomic E-state index is 0.276. The molecule has 28 heavy (non-hydrogen) atoms. The van der Waals surface area contributed by atoms with Crippen molar-refractivity contribution in [1.29, 1.82) is 0 Å². The van der Waals surface area contributed by atoms with E-state index in [4.69, 9.17) is 4.74 Å². The number of hydrogen-bond donors (Lipinski definition) is 2. The van der Waals surface area contributed by atoms with Crippen molar-refractivity contribution in [1.82, 2.24) is 14.9 Å². The van der Waals surface area contributed by atoms with Crippen molar-refractivity contribution >= 4 is 16.7 Å². The van der Waals surface area contributed by atoms with Crippen LogP contribution in [-0.2, 0) is 11.2 Å². The van der Waals surface area contributed by atoms with E-state index in [9.17, 15) is 5.11 Å². The third kappa shape index (κ3) is 4.80. The minimum Gasteiger partial charge on any atom is -0.393 e. The van der Waals surface area contributed by atoms with E-state index in [1.165, 1.54) is 31.2 Å². The summed E-state index contributed by atoms with van der Waals surface area (Å²) in [7, 11) is 0. The maximum atomic E-state index is 9.57. The number of benzene rings is 1. The van der Waals surface area contributed by atoms with Gasteiger partial charge in [-0.15, -0.1) is 0 Å². The number of hydrogen-bond acceptors (Lipinski definition) is 6. The molecule has 1 aromatic carbocycles. The summed E-state index contributed by atoms with van der Waals surface area (Å²) in [5.41, 5.74) is 2.20. The number of morpholine rings is 1. The molecule has 6 nitrogen and oxygen atoms in total. The van der Waals surface area contributed by atoms with E-state index >= 15 is 0 Å². The Morgan fingerprint density at radius 1 is 1.18 bits per heavy atom. The van der Waals surface area contributed by atoms with Gasteiger partial charge in [0.25, 0.3) is 0 Å². The number of aromatic nitrogens is 2. The molecule has 0 spiro atoms. The molecule has 1 aromatic heterocycles. The first-order valence-electron chi connectivity index (χ1n) is 10.7. The van der Waals surface area contributed by atoms with Crippen molar-refractivity contribution in [2.24, 2.45) is 0 Å². The largest absolute Gasteiger partial charge is 0.393 e. The summed E-state index contributed by atoms with van der Waals surface area (Å²) in [6, 6.07) is 7.52. The summed E-state index contributed by atoms with van der Waals surface area (Å²) in [5, 5.41) is 14.3. The predicted molar refractivity (Wildman–Crippen MR) is 112 cm³/mol. The average molecular weight is 385 g/mol. The first kappa shape index (κ1) is 19.6. The number of aliphatic hydroxyl groups excluding tert-OH is 1. The molecule has 1 saturated carbocycles. The molecule has 2 heterocycles. The zero-order chi connectivity index (χ0) is 19.3. The van der Waals surface area contributed by atoms with E-state index in [0.29, 0.717) is 12.1 Å². The standard InChI is InChI=1S/C22H32N4O2/c1-16(27)2-3-17-4-9-21-20(14-17)22(24-15-23-21)25-18-5-7-19(8-6-18)26-10-12-28-13-11-26/h4,9,14-16,18-19,27H,2-3,5-8,10-13H2,1H3,(H,23,24,25)/t16?,18-,19-. The van der Waals surface area contributed by atoms with Gasteiger partial charge in [-0.1, -0.05) is 6.07 Å². The van der Waals surface area contributed by atoms with E-state index in [2.05, 4.69) is 38.4 Å². The van der Waals surface area contributed by atoms with Gasteiger partial charge < -0.3 is 15.2 Å². The second-order valence-corrected chi connectivity index (χ2v) is 8.26. The monoisotopic (exact) mass is 384 g/mol. The molecule has 0 bridgehead atoms. The van der Waals surface area contributed by atoms with Crippen molar-refractivity contribution in [3.8, 4) is 0 Å². The third-order valence-electron chi connectivity index (χ3n) is 6.15. The molecule has 2 fully saturated rings. The number of aryl methyl sites for hydroxylation is 1. The van der Waals surface area contributed by atoms with Gasteiger partial charge in [-0.2, -0.15) is 0 Å². The molecule has 0 radical (unpaired) electrons. The van der Waals surface area contributed by atoms with Crippen molar-refractivity contribution in [2.45, 2.75) is 63.6 Å². The van der Waals surface area contributed by atoms with E-state index < -0.39 is 0 Å². The maximum absolute atomic E-state index is 9.57. The van der Waals surface area contributed by atoms with Crippen molar-refractivity contribution in [2.75, 3.05) is 31.6 Å². The van der Waals surface area contributed by atoms with Gasteiger partial charge in [0.05, 0.1) is 24.8 Å². The van der Waals surface area contributed by atoms with E-state index in [1.807, 2.05) is 6.92 Å². The lowest BCUT2D eigenvalue weighted by atomic mass is 9.90. The van der Waals surface area contributed by atoms with Crippen LogP contribution in [0.5, 0.6) is 0 Å². The van der Waals surface area contributed by atoms with Gasteiger partial charge in [0.1, 0.15) is 12.1 Å². The fourth-order valence-electron chi connectivity index (χ4n) is 4.47. The highest BCUT2D eigenvalue weighted by Crippen LogP contribution is 2.28. The second-order valence-electron chi connectivity index (χ2n) is 8.26. The first-order valence-corrected chi connectivity index (χ1v) is 10.7. The van der Waals surface area contributed by atoms with Gasteiger partial charge in [0.2, 0.25) is 0 Å². The summed E-state index contributed by atoms with van der Waals surface area (Å²) in [5.74, 6) is 0.943. The van der Waals surface area contributed by atoms with Gasteiger partial charge in [0, 0.05) is 30.6 Å².